The third-order valence-electron chi connectivity index (χ3n) is 13.6. The Labute approximate surface area is 359 Å². The van der Waals surface area contributed by atoms with Crippen molar-refractivity contribution in [2.24, 2.45) is 0 Å². The zero-order valence-corrected chi connectivity index (χ0v) is 35.2. The molecule has 4 saturated heterocycles. The Bertz CT molecular complexity index is 2530. The summed E-state index contributed by atoms with van der Waals surface area (Å²) < 4.78 is 34.1. The van der Waals surface area contributed by atoms with Gasteiger partial charge in [-0.3, -0.25) is 19.8 Å². The maximum atomic E-state index is 16.4. The van der Waals surface area contributed by atoms with Gasteiger partial charge in [0.25, 0.3) is 5.91 Å². The van der Waals surface area contributed by atoms with E-state index in [1.807, 2.05) is 36.9 Å². The van der Waals surface area contributed by atoms with Crippen LogP contribution in [-0.2, 0) is 4.79 Å². The van der Waals surface area contributed by atoms with Gasteiger partial charge in [0.2, 0.25) is 5.91 Å². The number of anilines is 3. The summed E-state index contributed by atoms with van der Waals surface area (Å²) in [4.78, 5) is 45.5. The van der Waals surface area contributed by atoms with Gasteiger partial charge in [0.05, 0.1) is 11.4 Å². The summed E-state index contributed by atoms with van der Waals surface area (Å²) >= 11 is 0. The molecule has 9 rings (SSSR count). The normalized spacial score (nSPS) is 21.4. The highest BCUT2D eigenvalue weighted by molar-refractivity contribution is 6.07. The molecule has 4 aliphatic heterocycles. The van der Waals surface area contributed by atoms with E-state index in [-0.39, 0.29) is 61.1 Å². The number of nitrogens with zero attached hydrogens (tertiary/aromatic N) is 7. The van der Waals surface area contributed by atoms with Crippen molar-refractivity contribution in [1.29, 1.82) is 0 Å². The number of phenolic OH excluding ortho intramolecular Hbond substituents is 1. The molecule has 0 aliphatic carbocycles. The highest BCUT2D eigenvalue weighted by Crippen LogP contribution is 2.39. The number of rotatable bonds is 8. The number of benzene rings is 3. The Morgan fingerprint density at radius 3 is 2.45 bits per heavy atom. The number of urea groups is 1. The lowest BCUT2D eigenvalue weighted by molar-refractivity contribution is -0.120. The molecule has 62 heavy (non-hydrogen) atoms. The van der Waals surface area contributed by atoms with Gasteiger partial charge in [-0.05, 0) is 98.3 Å². The van der Waals surface area contributed by atoms with E-state index >= 15 is 8.78 Å². The summed E-state index contributed by atoms with van der Waals surface area (Å²) in [6.45, 7) is 7.51. The van der Waals surface area contributed by atoms with Crippen LogP contribution >= 0.6 is 0 Å². The van der Waals surface area contributed by atoms with Crippen molar-refractivity contribution >= 4 is 45.9 Å². The van der Waals surface area contributed by atoms with Crippen LogP contribution in [0.25, 0.3) is 22.2 Å². The predicted octanol–water partition coefficient (Wildman–Crippen LogP) is 7.06. The number of fused-ring (bicyclic) bond motifs is 1. The Morgan fingerprint density at radius 1 is 0.935 bits per heavy atom. The molecule has 0 spiro atoms. The smallest absolute Gasteiger partial charge is 0.328 e. The maximum absolute atomic E-state index is 16.4. The van der Waals surface area contributed by atoms with Gasteiger partial charge in [-0.15, -0.1) is 10.2 Å². The number of amides is 4. The molecule has 2 aromatic heterocycles. The van der Waals surface area contributed by atoms with Gasteiger partial charge < -0.3 is 30.1 Å². The lowest BCUT2D eigenvalue weighted by Gasteiger charge is -2.41. The van der Waals surface area contributed by atoms with E-state index < -0.39 is 17.9 Å². The number of imide groups is 1. The first-order valence-corrected chi connectivity index (χ1v) is 21.7. The molecule has 6 heterocycles. The molecule has 4 fully saturated rings. The molecule has 0 unspecified atom stereocenters. The van der Waals surface area contributed by atoms with Crippen LogP contribution in [0.5, 0.6) is 5.75 Å². The van der Waals surface area contributed by atoms with Gasteiger partial charge in [0.15, 0.2) is 5.82 Å². The number of nitrogens with two attached hydrogens (primary N) is 1. The zero-order valence-electron chi connectivity index (χ0n) is 35.2. The number of hydrogen-bond donors (Lipinski definition) is 3. The molecule has 0 saturated carbocycles. The molecule has 4 aliphatic rings. The van der Waals surface area contributed by atoms with Crippen molar-refractivity contribution in [3.63, 3.8) is 0 Å². The molecular formula is C47H53F2N9O4. The van der Waals surface area contributed by atoms with Gasteiger partial charge in [-0.25, -0.2) is 13.6 Å². The standard InChI is InChI=1S/C47H53F2N9O4/c1-29-23-31(7-8-35(29)32-24-33(48)27-56(26-32)41-25-38(52-53-44(41)50)37-5-3-4-6-42(37)59)45(61)55-21-15-47(49,16-22-55)28-54-17-11-34(12-18-54)57-19-13-36-30(2)39(9-10-40(36)57)58-20-14-43(60)51-46(58)62/h3-10,13,19,23,25,32-34,59H,11-12,14-18,20-22,24,26-28H2,1-2H3,(H2,50,53)(H,51,60,62)/t32-,33+/m0/s1. The number of likely N-dealkylation sites (tertiary alicyclic amines) is 2. The van der Waals surface area contributed by atoms with Gasteiger partial charge in [-0.2, -0.15) is 0 Å². The summed E-state index contributed by atoms with van der Waals surface area (Å²) in [6.07, 6.45) is 3.91. The van der Waals surface area contributed by atoms with Crippen LogP contribution in [0.4, 0.5) is 30.8 Å². The molecule has 4 amide bonds. The van der Waals surface area contributed by atoms with Crippen LogP contribution in [0, 0.1) is 13.8 Å². The highest BCUT2D eigenvalue weighted by Gasteiger charge is 2.39. The number of nitrogen functional groups attached to an aromatic ring is 1. The van der Waals surface area contributed by atoms with Crippen molar-refractivity contribution in [3.8, 4) is 17.0 Å². The quantitative estimate of drug-likeness (QED) is 0.149. The number of halogens is 2. The van der Waals surface area contributed by atoms with Crippen LogP contribution in [0.15, 0.2) is 72.9 Å². The molecule has 324 valence electrons. The monoisotopic (exact) mass is 845 g/mol. The topological polar surface area (TPSA) is 153 Å². The van der Waals surface area contributed by atoms with E-state index in [1.165, 1.54) is 0 Å². The third kappa shape index (κ3) is 8.05. The summed E-state index contributed by atoms with van der Waals surface area (Å²) in [5.41, 5.74) is 11.7. The zero-order chi connectivity index (χ0) is 43.3. The Balaban J connectivity index is 0.789. The van der Waals surface area contributed by atoms with E-state index in [4.69, 9.17) is 5.73 Å². The molecule has 13 nitrogen and oxygen atoms in total. The number of para-hydroxylation sites is 1. The second kappa shape index (κ2) is 16.6. The fourth-order valence-corrected chi connectivity index (χ4v) is 10.2. The minimum absolute atomic E-state index is 0.0625. The Morgan fingerprint density at radius 2 is 1.71 bits per heavy atom. The summed E-state index contributed by atoms with van der Waals surface area (Å²) in [6, 6.07) is 20.1. The number of aromatic nitrogens is 3. The van der Waals surface area contributed by atoms with Gasteiger partial charge in [0.1, 0.15) is 17.6 Å². The average molecular weight is 846 g/mol. The number of alkyl halides is 2. The lowest BCUT2D eigenvalue weighted by Crippen LogP contribution is -2.51. The molecule has 4 N–H and O–H groups in total. The number of nitrogens with one attached hydrogen (secondary N) is 1. The first-order valence-electron chi connectivity index (χ1n) is 21.7. The fraction of sp³-hybridized carbons (Fsp3) is 0.426. The highest BCUT2D eigenvalue weighted by atomic mass is 19.1. The Hall–Kier alpha value is -6.09. The summed E-state index contributed by atoms with van der Waals surface area (Å²) in [7, 11) is 0. The second-order valence-corrected chi connectivity index (χ2v) is 17.6. The van der Waals surface area contributed by atoms with Crippen molar-refractivity contribution in [2.75, 3.05) is 67.9 Å². The molecule has 0 bridgehead atoms. The van der Waals surface area contributed by atoms with E-state index in [9.17, 15) is 19.5 Å². The number of carbonyl (C=O) groups is 3. The molecule has 15 heteroatoms. The third-order valence-corrected chi connectivity index (χ3v) is 13.6. The summed E-state index contributed by atoms with van der Waals surface area (Å²) in [5.74, 6) is -0.303. The number of aromatic hydroxyl groups is 1. The van der Waals surface area contributed by atoms with Crippen molar-refractivity contribution < 1.29 is 28.3 Å². The molecule has 5 aromatic rings. The minimum Gasteiger partial charge on any atom is -0.507 e. The van der Waals surface area contributed by atoms with E-state index in [0.29, 0.717) is 61.7 Å². The summed E-state index contributed by atoms with van der Waals surface area (Å²) in [5, 5.41) is 22.2. The number of hydrogen-bond acceptors (Lipinski definition) is 9. The molecule has 2 atom stereocenters. The minimum atomic E-state index is -1.38. The van der Waals surface area contributed by atoms with Crippen molar-refractivity contribution in [3.05, 3.63) is 95.2 Å². The molecular weight excluding hydrogens is 793 g/mol. The molecule has 0 radical (unpaired) electrons. The van der Waals surface area contributed by atoms with E-state index in [1.54, 1.807) is 46.2 Å². The van der Waals surface area contributed by atoms with Crippen molar-refractivity contribution in [2.45, 2.75) is 76.2 Å². The van der Waals surface area contributed by atoms with E-state index in [0.717, 1.165) is 59.2 Å². The average Bonchev–Trinajstić information content (AvgIpc) is 3.70. The first-order chi connectivity index (χ1) is 29.8. The number of piperidine rings is 3. The Kier molecular flexibility index (Phi) is 11.1. The number of aryl methyl sites for hydroxylation is 2. The largest absolute Gasteiger partial charge is 0.507 e. The van der Waals surface area contributed by atoms with Crippen LogP contribution in [-0.4, -0.2) is 112 Å². The van der Waals surface area contributed by atoms with Gasteiger partial charge in [-0.1, -0.05) is 18.2 Å². The second-order valence-electron chi connectivity index (χ2n) is 17.6. The fourth-order valence-electron chi connectivity index (χ4n) is 10.2. The predicted molar refractivity (Wildman–Crippen MR) is 235 cm³/mol. The SMILES string of the molecule is Cc1cc(C(=O)N2CCC(F)(CN3CCC(n4ccc5c(C)c(N6CCC(=O)NC6=O)ccc54)CC3)CC2)ccc1[C@H]1C[C@@H](F)CN(c2cc(-c3ccccc3O)nnc2N)C1. The first kappa shape index (κ1) is 41.3. The number of phenols is 1. The van der Waals surface area contributed by atoms with Crippen LogP contribution in [0.2, 0.25) is 0 Å². The van der Waals surface area contributed by atoms with Crippen LogP contribution in [0.1, 0.15) is 77.5 Å². The maximum Gasteiger partial charge on any atom is 0.328 e. The lowest BCUT2D eigenvalue weighted by atomic mass is 9.86. The number of carbonyl (C=O) groups excluding carboxylic acids is 3. The van der Waals surface area contributed by atoms with Crippen molar-refractivity contribution in [1.82, 2.24) is 29.9 Å². The van der Waals surface area contributed by atoms with Gasteiger partial charge in [0, 0.05) is 117 Å². The molecule has 3 aromatic carbocycles. The van der Waals surface area contributed by atoms with Crippen LogP contribution in [0.3, 0.4) is 0 Å². The van der Waals surface area contributed by atoms with E-state index in [2.05, 4.69) is 43.3 Å². The van der Waals surface area contributed by atoms with Gasteiger partial charge >= 0.3 is 6.03 Å². The van der Waals surface area contributed by atoms with Crippen LogP contribution < -0.4 is 20.9 Å².